The van der Waals surface area contributed by atoms with E-state index in [1.54, 1.807) is 4.57 Å². The highest BCUT2D eigenvalue weighted by atomic mass is 19.4. The molecule has 0 spiro atoms. The van der Waals surface area contributed by atoms with Gasteiger partial charge in [-0.2, -0.15) is 13.2 Å². The molecule has 1 aliphatic heterocycles. The third-order valence-corrected chi connectivity index (χ3v) is 4.25. The van der Waals surface area contributed by atoms with Gasteiger partial charge in [-0.3, -0.25) is 4.57 Å². The first kappa shape index (κ1) is 15.9. The monoisotopic (exact) mass is 325 g/mol. The number of nitrogens with zero attached hydrogens (tertiary/aromatic N) is 2. The second-order valence-corrected chi connectivity index (χ2v) is 5.67. The Kier molecular flexibility index (Phi) is 4.06. The number of halogens is 3. The fraction of sp³-hybridized carbons (Fsp3) is 0.438. The molecule has 1 atom stereocenters. The molecule has 2 aromatic rings. The van der Waals surface area contributed by atoms with E-state index in [0.29, 0.717) is 23.9 Å². The van der Waals surface area contributed by atoms with E-state index >= 15 is 0 Å². The first-order chi connectivity index (χ1) is 10.9. The molecule has 0 saturated heterocycles. The predicted octanol–water partition coefficient (Wildman–Crippen LogP) is 3.14. The van der Waals surface area contributed by atoms with Crippen molar-refractivity contribution in [2.45, 2.75) is 32.1 Å². The molecule has 4 nitrogen and oxygen atoms in total. The van der Waals surface area contributed by atoms with Crippen LogP contribution in [0.25, 0.3) is 11.3 Å². The number of fused-ring (bicyclic) bond motifs is 1. The number of hydrogen-bond acceptors (Lipinski definition) is 3. The topological polar surface area (TPSA) is 53.1 Å². The molecule has 124 valence electrons. The molecule has 3 rings (SSSR count). The first-order valence-electron chi connectivity index (χ1n) is 7.43. The molecular weight excluding hydrogens is 307 g/mol. The summed E-state index contributed by atoms with van der Waals surface area (Å²) >= 11 is 0. The molecule has 1 aliphatic rings. The van der Waals surface area contributed by atoms with Crippen LogP contribution in [0.15, 0.2) is 24.3 Å². The van der Waals surface area contributed by atoms with E-state index in [-0.39, 0.29) is 19.4 Å². The normalized spacial score (nSPS) is 17.9. The Balaban J connectivity index is 1.98. The number of imidazole rings is 1. The zero-order valence-corrected chi connectivity index (χ0v) is 12.7. The van der Waals surface area contributed by atoms with Gasteiger partial charge >= 0.3 is 6.18 Å². The first-order valence-corrected chi connectivity index (χ1v) is 7.43. The number of benzene rings is 1. The van der Waals surface area contributed by atoms with Crippen molar-refractivity contribution in [2.24, 2.45) is 11.7 Å². The number of hydrogen-bond donors (Lipinski definition) is 1. The average molecular weight is 325 g/mol. The van der Waals surface area contributed by atoms with Crippen molar-refractivity contribution in [1.29, 1.82) is 0 Å². The van der Waals surface area contributed by atoms with E-state index in [0.717, 1.165) is 11.1 Å². The summed E-state index contributed by atoms with van der Waals surface area (Å²) in [6.45, 7) is 0.695. The molecule has 0 aliphatic carbocycles. The Morgan fingerprint density at radius 1 is 1.30 bits per heavy atom. The molecule has 0 bridgehead atoms. The molecule has 1 unspecified atom stereocenters. The van der Waals surface area contributed by atoms with Gasteiger partial charge < -0.3 is 10.5 Å². The van der Waals surface area contributed by atoms with Crippen LogP contribution in [-0.4, -0.2) is 22.8 Å². The molecule has 1 aromatic heterocycles. The van der Waals surface area contributed by atoms with Crippen LogP contribution in [0.5, 0.6) is 5.88 Å². The van der Waals surface area contributed by atoms with Gasteiger partial charge in [-0.05, 0) is 12.0 Å². The highest BCUT2D eigenvalue weighted by molar-refractivity contribution is 5.65. The van der Waals surface area contributed by atoms with E-state index in [9.17, 15) is 13.2 Å². The second-order valence-electron chi connectivity index (χ2n) is 5.67. The fourth-order valence-electron chi connectivity index (χ4n) is 2.95. The maximum absolute atomic E-state index is 13.0. The van der Waals surface area contributed by atoms with Crippen molar-refractivity contribution in [1.82, 2.24) is 9.55 Å². The number of alkyl halides is 3. The number of rotatable bonds is 3. The minimum atomic E-state index is -4.19. The summed E-state index contributed by atoms with van der Waals surface area (Å²) in [5, 5.41) is 0. The molecule has 0 amide bonds. The van der Waals surface area contributed by atoms with Crippen LogP contribution in [0.3, 0.4) is 0 Å². The van der Waals surface area contributed by atoms with Crippen molar-refractivity contribution >= 4 is 0 Å². The van der Waals surface area contributed by atoms with Gasteiger partial charge in [0.1, 0.15) is 11.5 Å². The summed E-state index contributed by atoms with van der Waals surface area (Å²) < 4.78 is 46.0. The van der Waals surface area contributed by atoms with Crippen LogP contribution < -0.4 is 10.5 Å². The Bertz CT molecular complexity index is 692. The van der Waals surface area contributed by atoms with Crippen molar-refractivity contribution in [2.75, 3.05) is 7.11 Å². The van der Waals surface area contributed by atoms with E-state index in [1.807, 2.05) is 24.3 Å². The minimum Gasteiger partial charge on any atom is -0.481 e. The third kappa shape index (κ3) is 2.93. The van der Waals surface area contributed by atoms with Gasteiger partial charge in [-0.1, -0.05) is 24.3 Å². The van der Waals surface area contributed by atoms with Crippen LogP contribution in [0.2, 0.25) is 0 Å². The van der Waals surface area contributed by atoms with Gasteiger partial charge in [0.25, 0.3) is 0 Å². The number of ether oxygens (including phenoxy) is 1. The summed E-state index contributed by atoms with van der Waals surface area (Å²) in [6.07, 6.45) is -4.25. The number of nitrogens with two attached hydrogens (primary N) is 1. The van der Waals surface area contributed by atoms with Crippen molar-refractivity contribution in [3.63, 3.8) is 0 Å². The van der Waals surface area contributed by atoms with E-state index in [2.05, 4.69) is 4.98 Å². The SMILES string of the molecule is COc1c(-c2ccc(CN)cc2)nc2n1CCC(C(F)(F)F)C2. The molecule has 7 heteroatoms. The van der Waals surface area contributed by atoms with Gasteiger partial charge in [0.05, 0.1) is 13.0 Å². The van der Waals surface area contributed by atoms with Crippen LogP contribution >= 0.6 is 0 Å². The average Bonchev–Trinajstić information content (AvgIpc) is 2.91. The minimum absolute atomic E-state index is 0.0504. The maximum Gasteiger partial charge on any atom is 0.392 e. The van der Waals surface area contributed by atoms with Crippen LogP contribution in [0, 0.1) is 5.92 Å². The molecule has 0 saturated carbocycles. The van der Waals surface area contributed by atoms with Gasteiger partial charge in [0, 0.05) is 25.1 Å². The van der Waals surface area contributed by atoms with E-state index in [4.69, 9.17) is 10.5 Å². The second kappa shape index (κ2) is 5.88. The van der Waals surface area contributed by atoms with Crippen LogP contribution in [0.1, 0.15) is 17.8 Å². The molecular formula is C16H18F3N3O. The molecule has 23 heavy (non-hydrogen) atoms. The summed E-state index contributed by atoms with van der Waals surface area (Å²) in [5.41, 5.74) is 7.95. The highest BCUT2D eigenvalue weighted by Gasteiger charge is 2.42. The summed E-state index contributed by atoms with van der Waals surface area (Å²) in [7, 11) is 1.51. The highest BCUT2D eigenvalue weighted by Crippen LogP contribution is 2.39. The van der Waals surface area contributed by atoms with Gasteiger partial charge in [0.15, 0.2) is 0 Å². The summed E-state index contributed by atoms with van der Waals surface area (Å²) in [6, 6.07) is 7.48. The Labute approximate surface area is 132 Å². The van der Waals surface area contributed by atoms with Gasteiger partial charge in [0.2, 0.25) is 5.88 Å². The predicted molar refractivity (Wildman–Crippen MR) is 80.0 cm³/mol. The lowest BCUT2D eigenvalue weighted by molar-refractivity contribution is -0.179. The van der Waals surface area contributed by atoms with Crippen molar-refractivity contribution < 1.29 is 17.9 Å². The Morgan fingerprint density at radius 3 is 2.57 bits per heavy atom. The van der Waals surface area contributed by atoms with Gasteiger partial charge in [-0.25, -0.2) is 4.98 Å². The Morgan fingerprint density at radius 2 is 2.00 bits per heavy atom. The lowest BCUT2D eigenvalue weighted by Gasteiger charge is -2.25. The van der Waals surface area contributed by atoms with Crippen LogP contribution in [-0.2, 0) is 19.5 Å². The summed E-state index contributed by atoms with van der Waals surface area (Å²) in [4.78, 5) is 4.42. The molecule has 2 N–H and O–H groups in total. The lowest BCUT2D eigenvalue weighted by Crippen LogP contribution is -2.31. The molecule has 2 heterocycles. The molecule has 0 fully saturated rings. The van der Waals surface area contributed by atoms with E-state index < -0.39 is 12.1 Å². The summed E-state index contributed by atoms with van der Waals surface area (Å²) in [5.74, 6) is -0.399. The fourth-order valence-corrected chi connectivity index (χ4v) is 2.95. The van der Waals surface area contributed by atoms with E-state index in [1.165, 1.54) is 7.11 Å². The smallest absolute Gasteiger partial charge is 0.392 e. The zero-order chi connectivity index (χ0) is 16.6. The third-order valence-electron chi connectivity index (χ3n) is 4.25. The van der Waals surface area contributed by atoms with Crippen molar-refractivity contribution in [3.05, 3.63) is 35.7 Å². The van der Waals surface area contributed by atoms with Gasteiger partial charge in [-0.15, -0.1) is 0 Å². The Hall–Kier alpha value is -2.02. The maximum atomic E-state index is 13.0. The lowest BCUT2D eigenvalue weighted by atomic mass is 9.97. The van der Waals surface area contributed by atoms with Crippen molar-refractivity contribution in [3.8, 4) is 17.1 Å². The largest absolute Gasteiger partial charge is 0.481 e. The quantitative estimate of drug-likeness (QED) is 0.943. The molecule has 1 aromatic carbocycles. The zero-order valence-electron chi connectivity index (χ0n) is 12.7. The van der Waals surface area contributed by atoms with Crippen LogP contribution in [0.4, 0.5) is 13.2 Å². The number of methoxy groups -OCH3 is 1. The standard InChI is InChI=1S/C16H18F3N3O/c1-23-15-14(11-4-2-10(9-20)3-5-11)21-13-8-12(16(17,18)19)6-7-22(13)15/h2-5,12H,6-9,20H2,1H3. The molecule has 0 radical (unpaired) electrons. The number of aromatic nitrogens is 2.